The lowest BCUT2D eigenvalue weighted by Gasteiger charge is -2.18. The van der Waals surface area contributed by atoms with Crippen LogP contribution < -0.4 is 4.74 Å². The number of ether oxygens (including phenoxy) is 1. The van der Waals surface area contributed by atoms with Gasteiger partial charge in [0.15, 0.2) is 0 Å². The molecule has 0 aliphatic rings. The van der Waals surface area contributed by atoms with Crippen molar-refractivity contribution in [3.8, 4) is 5.75 Å². The van der Waals surface area contributed by atoms with Crippen molar-refractivity contribution < 1.29 is 4.74 Å². The Hall–Kier alpha value is -1.76. The van der Waals surface area contributed by atoms with Gasteiger partial charge in [0.05, 0.1) is 0 Å². The van der Waals surface area contributed by atoms with Crippen LogP contribution in [0.5, 0.6) is 5.75 Å². The van der Waals surface area contributed by atoms with E-state index in [0.29, 0.717) is 11.8 Å². The second-order valence-corrected chi connectivity index (χ2v) is 7.04. The van der Waals surface area contributed by atoms with Gasteiger partial charge in [0.2, 0.25) is 0 Å². The Morgan fingerprint density at radius 3 is 1.79 bits per heavy atom. The molecule has 1 nitrogen and oxygen atoms in total. The molecule has 0 N–H and O–H groups in total. The van der Waals surface area contributed by atoms with Crippen LogP contribution in [-0.4, -0.2) is 0 Å². The molecule has 0 heterocycles. The highest BCUT2D eigenvalue weighted by atomic mass is 16.5. The molecule has 0 amide bonds. The fraction of sp³-hybridized carbons (Fsp3) is 0.478. The van der Waals surface area contributed by atoms with Crippen molar-refractivity contribution >= 4 is 0 Å². The SMILES string of the molecule is CCCC(CC)c1ccc(C(C)Oc2ccc(C(C)C)cc2)cc1. The Bertz CT molecular complexity index is 595. The molecule has 2 aromatic rings. The molecule has 2 rings (SSSR count). The van der Waals surface area contributed by atoms with E-state index in [0.717, 1.165) is 5.75 Å². The maximum Gasteiger partial charge on any atom is 0.121 e. The Labute approximate surface area is 148 Å². The highest BCUT2D eigenvalue weighted by molar-refractivity contribution is 5.31. The van der Waals surface area contributed by atoms with Crippen LogP contribution in [0, 0.1) is 0 Å². The molecule has 0 aromatic heterocycles. The summed E-state index contributed by atoms with van der Waals surface area (Å²) in [6.45, 7) is 11.1. The smallest absolute Gasteiger partial charge is 0.121 e. The lowest BCUT2D eigenvalue weighted by Crippen LogP contribution is -2.04. The Morgan fingerprint density at radius 2 is 1.29 bits per heavy atom. The summed E-state index contributed by atoms with van der Waals surface area (Å²) in [6, 6.07) is 17.5. The molecule has 0 fully saturated rings. The first-order chi connectivity index (χ1) is 11.5. The normalized spacial score (nSPS) is 13.8. The van der Waals surface area contributed by atoms with Crippen LogP contribution in [-0.2, 0) is 0 Å². The minimum Gasteiger partial charge on any atom is -0.486 e. The van der Waals surface area contributed by atoms with Gasteiger partial charge in [-0.05, 0) is 60.4 Å². The summed E-state index contributed by atoms with van der Waals surface area (Å²) in [4.78, 5) is 0. The van der Waals surface area contributed by atoms with Crippen LogP contribution in [0.2, 0.25) is 0 Å². The first kappa shape index (κ1) is 18.6. The van der Waals surface area contributed by atoms with Gasteiger partial charge in [0.25, 0.3) is 0 Å². The number of rotatable bonds is 8. The monoisotopic (exact) mass is 324 g/mol. The lowest BCUT2D eigenvalue weighted by atomic mass is 9.91. The molecular formula is C23H32O. The van der Waals surface area contributed by atoms with Crippen LogP contribution in [0.4, 0.5) is 0 Å². The zero-order chi connectivity index (χ0) is 17.5. The summed E-state index contributed by atoms with van der Waals surface area (Å²) in [6.07, 6.45) is 3.78. The number of hydrogen-bond acceptors (Lipinski definition) is 1. The molecule has 2 aromatic carbocycles. The molecule has 0 saturated carbocycles. The van der Waals surface area contributed by atoms with Gasteiger partial charge in [-0.2, -0.15) is 0 Å². The van der Waals surface area contributed by atoms with Crippen molar-refractivity contribution in [2.24, 2.45) is 0 Å². The minimum atomic E-state index is 0.0650. The second kappa shape index (κ2) is 8.92. The van der Waals surface area contributed by atoms with Crippen molar-refractivity contribution in [3.63, 3.8) is 0 Å². The largest absolute Gasteiger partial charge is 0.486 e. The number of benzene rings is 2. The van der Waals surface area contributed by atoms with Crippen molar-refractivity contribution in [1.82, 2.24) is 0 Å². The summed E-state index contributed by atoms with van der Waals surface area (Å²) < 4.78 is 6.11. The maximum atomic E-state index is 6.11. The first-order valence-electron chi connectivity index (χ1n) is 9.41. The lowest BCUT2D eigenvalue weighted by molar-refractivity contribution is 0.227. The maximum absolute atomic E-state index is 6.11. The molecule has 0 radical (unpaired) electrons. The highest BCUT2D eigenvalue weighted by Gasteiger charge is 2.11. The summed E-state index contributed by atoms with van der Waals surface area (Å²) >= 11 is 0. The Morgan fingerprint density at radius 1 is 0.750 bits per heavy atom. The third-order valence-corrected chi connectivity index (χ3v) is 4.87. The molecule has 0 saturated heterocycles. The van der Waals surface area contributed by atoms with E-state index >= 15 is 0 Å². The highest BCUT2D eigenvalue weighted by Crippen LogP contribution is 2.28. The third-order valence-electron chi connectivity index (χ3n) is 4.87. The zero-order valence-electron chi connectivity index (χ0n) is 15.9. The summed E-state index contributed by atoms with van der Waals surface area (Å²) in [7, 11) is 0. The van der Waals surface area contributed by atoms with Gasteiger partial charge < -0.3 is 4.74 Å². The molecule has 0 bridgehead atoms. The molecular weight excluding hydrogens is 292 g/mol. The predicted octanol–water partition coefficient (Wildman–Crippen LogP) is 7.24. The molecule has 0 spiro atoms. The van der Waals surface area contributed by atoms with Crippen molar-refractivity contribution in [1.29, 1.82) is 0 Å². The second-order valence-electron chi connectivity index (χ2n) is 7.04. The van der Waals surface area contributed by atoms with E-state index in [-0.39, 0.29) is 6.10 Å². The molecule has 2 unspecified atom stereocenters. The fourth-order valence-corrected chi connectivity index (χ4v) is 3.20. The van der Waals surface area contributed by atoms with E-state index in [1.54, 1.807) is 0 Å². The van der Waals surface area contributed by atoms with E-state index in [1.807, 2.05) is 0 Å². The van der Waals surface area contributed by atoms with E-state index in [2.05, 4.69) is 83.1 Å². The average Bonchev–Trinajstić information content (AvgIpc) is 2.60. The third kappa shape index (κ3) is 4.87. The van der Waals surface area contributed by atoms with Crippen molar-refractivity contribution in [2.45, 2.75) is 71.8 Å². The Kier molecular flexibility index (Phi) is 6.90. The van der Waals surface area contributed by atoms with Crippen LogP contribution in [0.25, 0.3) is 0 Å². The van der Waals surface area contributed by atoms with Gasteiger partial charge in [-0.3, -0.25) is 0 Å². The molecule has 130 valence electrons. The van der Waals surface area contributed by atoms with Gasteiger partial charge in [0, 0.05) is 0 Å². The van der Waals surface area contributed by atoms with Crippen LogP contribution in [0.1, 0.15) is 88.5 Å². The minimum absolute atomic E-state index is 0.0650. The molecule has 0 aliphatic carbocycles. The van der Waals surface area contributed by atoms with Crippen LogP contribution in [0.3, 0.4) is 0 Å². The quantitative estimate of drug-likeness (QED) is 0.497. The van der Waals surface area contributed by atoms with Crippen molar-refractivity contribution in [3.05, 3.63) is 65.2 Å². The fourth-order valence-electron chi connectivity index (χ4n) is 3.20. The standard InChI is InChI=1S/C23H32O/c1-6-8-19(7-2)22-11-9-21(10-12-22)18(5)24-23-15-13-20(14-16-23)17(3)4/h9-19H,6-8H2,1-5H3. The predicted molar refractivity (Wildman–Crippen MR) is 104 cm³/mol. The summed E-state index contributed by atoms with van der Waals surface area (Å²) in [5.41, 5.74) is 4.04. The first-order valence-corrected chi connectivity index (χ1v) is 9.41. The molecule has 2 atom stereocenters. The summed E-state index contributed by atoms with van der Waals surface area (Å²) in [5, 5.41) is 0. The zero-order valence-corrected chi connectivity index (χ0v) is 15.9. The van der Waals surface area contributed by atoms with E-state index in [9.17, 15) is 0 Å². The number of hydrogen-bond donors (Lipinski definition) is 0. The molecule has 0 aliphatic heterocycles. The van der Waals surface area contributed by atoms with Crippen molar-refractivity contribution in [2.75, 3.05) is 0 Å². The van der Waals surface area contributed by atoms with Crippen LogP contribution in [0.15, 0.2) is 48.5 Å². The van der Waals surface area contributed by atoms with E-state index in [1.165, 1.54) is 36.0 Å². The van der Waals surface area contributed by atoms with Gasteiger partial charge in [-0.25, -0.2) is 0 Å². The Balaban J connectivity index is 2.02. The molecule has 1 heteroatoms. The van der Waals surface area contributed by atoms with Gasteiger partial charge >= 0.3 is 0 Å². The van der Waals surface area contributed by atoms with Gasteiger partial charge in [-0.15, -0.1) is 0 Å². The van der Waals surface area contributed by atoms with E-state index < -0.39 is 0 Å². The topological polar surface area (TPSA) is 9.23 Å². The van der Waals surface area contributed by atoms with Gasteiger partial charge in [0.1, 0.15) is 11.9 Å². The van der Waals surface area contributed by atoms with Gasteiger partial charge in [-0.1, -0.05) is 70.5 Å². The molecule has 24 heavy (non-hydrogen) atoms. The average molecular weight is 325 g/mol. The van der Waals surface area contributed by atoms with Crippen LogP contribution >= 0.6 is 0 Å². The summed E-state index contributed by atoms with van der Waals surface area (Å²) in [5.74, 6) is 2.18. The van der Waals surface area contributed by atoms with E-state index in [4.69, 9.17) is 4.74 Å².